The molecule has 0 aliphatic rings. The fourth-order valence-corrected chi connectivity index (χ4v) is 1.75. The van der Waals surface area contributed by atoms with Crippen molar-refractivity contribution in [3.05, 3.63) is 35.4 Å². The van der Waals surface area contributed by atoms with Gasteiger partial charge in [-0.25, -0.2) is 0 Å². The second-order valence-electron chi connectivity index (χ2n) is 3.94. The highest BCUT2D eigenvalue weighted by Gasteiger charge is 2.23. The van der Waals surface area contributed by atoms with Crippen LogP contribution < -0.4 is 0 Å². The van der Waals surface area contributed by atoms with Crippen molar-refractivity contribution in [2.24, 2.45) is 0 Å². The van der Waals surface area contributed by atoms with Gasteiger partial charge in [-0.2, -0.15) is 0 Å². The number of benzene rings is 1. The first-order valence-corrected chi connectivity index (χ1v) is 5.16. The number of hydrogen-bond donors (Lipinski definition) is 0. The van der Waals surface area contributed by atoms with Gasteiger partial charge in [0.25, 0.3) is 0 Å². The molecule has 1 aromatic carbocycles. The maximum absolute atomic E-state index is 11.5. The van der Waals surface area contributed by atoms with Gasteiger partial charge in [0.15, 0.2) is 0 Å². The van der Waals surface area contributed by atoms with E-state index in [9.17, 15) is 4.79 Å². The van der Waals surface area contributed by atoms with Gasteiger partial charge in [-0.15, -0.1) is 0 Å². The quantitative estimate of drug-likeness (QED) is 0.757. The number of hydrogen-bond acceptors (Lipinski definition) is 2. The van der Waals surface area contributed by atoms with Crippen LogP contribution in [0.1, 0.15) is 30.9 Å². The molecule has 2 unspecified atom stereocenters. The van der Waals surface area contributed by atoms with Crippen molar-refractivity contribution >= 4 is 5.78 Å². The van der Waals surface area contributed by atoms with Crippen LogP contribution >= 0.6 is 0 Å². The standard InChI is InChI=1S/C13H18O2/c1-9-5-7-12(8-6-9)13(10(2)14)11(3)15-4/h5-8,11,13H,1-4H3. The number of carbonyl (C=O) groups is 1. The van der Waals surface area contributed by atoms with Gasteiger partial charge in [0, 0.05) is 7.11 Å². The molecule has 0 N–H and O–H groups in total. The van der Waals surface area contributed by atoms with Crippen LogP contribution in [0.3, 0.4) is 0 Å². The van der Waals surface area contributed by atoms with E-state index < -0.39 is 0 Å². The minimum Gasteiger partial charge on any atom is -0.381 e. The summed E-state index contributed by atoms with van der Waals surface area (Å²) in [6, 6.07) is 8.04. The molecule has 2 nitrogen and oxygen atoms in total. The topological polar surface area (TPSA) is 26.3 Å². The Bertz CT molecular complexity index is 327. The second kappa shape index (κ2) is 5.08. The van der Waals surface area contributed by atoms with Gasteiger partial charge in [-0.3, -0.25) is 4.79 Å². The lowest BCUT2D eigenvalue weighted by Crippen LogP contribution is -2.23. The van der Waals surface area contributed by atoms with E-state index in [1.807, 2.05) is 38.1 Å². The third-order valence-electron chi connectivity index (χ3n) is 2.72. The van der Waals surface area contributed by atoms with E-state index in [0.717, 1.165) is 5.56 Å². The molecule has 1 rings (SSSR count). The Morgan fingerprint density at radius 1 is 1.27 bits per heavy atom. The number of ether oxygens (including phenoxy) is 1. The van der Waals surface area contributed by atoms with Gasteiger partial charge in [-0.1, -0.05) is 29.8 Å². The van der Waals surface area contributed by atoms with Crippen molar-refractivity contribution in [1.29, 1.82) is 0 Å². The Morgan fingerprint density at radius 2 is 1.80 bits per heavy atom. The number of methoxy groups -OCH3 is 1. The van der Waals surface area contributed by atoms with Gasteiger partial charge in [0.05, 0.1) is 12.0 Å². The van der Waals surface area contributed by atoms with Crippen LogP contribution in [0.15, 0.2) is 24.3 Å². The molecule has 0 saturated carbocycles. The molecule has 0 bridgehead atoms. The lowest BCUT2D eigenvalue weighted by Gasteiger charge is -2.20. The Balaban J connectivity index is 2.99. The van der Waals surface area contributed by atoms with E-state index in [-0.39, 0.29) is 17.8 Å². The van der Waals surface area contributed by atoms with Crippen LogP contribution in [-0.4, -0.2) is 19.0 Å². The van der Waals surface area contributed by atoms with Crippen molar-refractivity contribution in [2.45, 2.75) is 32.8 Å². The lowest BCUT2D eigenvalue weighted by molar-refractivity contribution is -0.121. The summed E-state index contributed by atoms with van der Waals surface area (Å²) in [5.74, 6) is -0.0104. The maximum atomic E-state index is 11.5. The summed E-state index contributed by atoms with van der Waals surface area (Å²) in [6.45, 7) is 5.57. The Hall–Kier alpha value is -1.15. The van der Waals surface area contributed by atoms with Gasteiger partial charge in [0.1, 0.15) is 5.78 Å². The van der Waals surface area contributed by atoms with E-state index in [1.54, 1.807) is 14.0 Å². The van der Waals surface area contributed by atoms with Crippen LogP contribution in [0.5, 0.6) is 0 Å². The molecule has 2 heteroatoms. The van der Waals surface area contributed by atoms with Crippen LogP contribution in [0.4, 0.5) is 0 Å². The van der Waals surface area contributed by atoms with Crippen molar-refractivity contribution < 1.29 is 9.53 Å². The van der Waals surface area contributed by atoms with E-state index in [4.69, 9.17) is 4.74 Å². The number of Topliss-reactive ketones (excluding diaryl/α,β-unsaturated/α-hetero) is 1. The third-order valence-corrected chi connectivity index (χ3v) is 2.72. The van der Waals surface area contributed by atoms with Gasteiger partial charge in [-0.05, 0) is 26.3 Å². The summed E-state index contributed by atoms with van der Waals surface area (Å²) in [7, 11) is 1.63. The molecule has 1 aromatic rings. The minimum absolute atomic E-state index is 0.0785. The summed E-state index contributed by atoms with van der Waals surface area (Å²) in [5, 5.41) is 0. The first kappa shape index (κ1) is 11.9. The zero-order valence-corrected chi connectivity index (χ0v) is 9.78. The zero-order valence-electron chi connectivity index (χ0n) is 9.78. The lowest BCUT2D eigenvalue weighted by atomic mass is 9.90. The molecule has 0 spiro atoms. The van der Waals surface area contributed by atoms with Gasteiger partial charge < -0.3 is 4.74 Å². The van der Waals surface area contributed by atoms with Gasteiger partial charge >= 0.3 is 0 Å². The van der Waals surface area contributed by atoms with E-state index >= 15 is 0 Å². The van der Waals surface area contributed by atoms with Crippen LogP contribution in [0.2, 0.25) is 0 Å². The molecular weight excluding hydrogens is 188 g/mol. The maximum Gasteiger partial charge on any atom is 0.139 e. The average Bonchev–Trinajstić information content (AvgIpc) is 2.20. The Labute approximate surface area is 91.3 Å². The SMILES string of the molecule is COC(C)C(C(C)=O)c1ccc(C)cc1. The van der Waals surface area contributed by atoms with Crippen molar-refractivity contribution in [3.8, 4) is 0 Å². The van der Waals surface area contributed by atoms with Crippen LogP contribution in [0, 0.1) is 6.92 Å². The number of carbonyl (C=O) groups excluding carboxylic acids is 1. The monoisotopic (exact) mass is 206 g/mol. The fraction of sp³-hybridized carbons (Fsp3) is 0.462. The molecule has 0 heterocycles. The van der Waals surface area contributed by atoms with Crippen molar-refractivity contribution in [3.63, 3.8) is 0 Å². The van der Waals surface area contributed by atoms with E-state index in [0.29, 0.717) is 0 Å². The number of aryl methyl sites for hydroxylation is 1. The summed E-state index contributed by atoms with van der Waals surface area (Å²) >= 11 is 0. The summed E-state index contributed by atoms with van der Waals surface area (Å²) in [4.78, 5) is 11.5. The summed E-state index contributed by atoms with van der Waals surface area (Å²) in [5.41, 5.74) is 2.23. The Morgan fingerprint density at radius 3 is 2.20 bits per heavy atom. The third kappa shape index (κ3) is 2.90. The Kier molecular flexibility index (Phi) is 4.04. The molecule has 0 fully saturated rings. The first-order valence-electron chi connectivity index (χ1n) is 5.16. The highest BCUT2D eigenvalue weighted by molar-refractivity contribution is 5.84. The highest BCUT2D eigenvalue weighted by atomic mass is 16.5. The highest BCUT2D eigenvalue weighted by Crippen LogP contribution is 2.23. The second-order valence-corrected chi connectivity index (χ2v) is 3.94. The van der Waals surface area contributed by atoms with Crippen molar-refractivity contribution in [2.75, 3.05) is 7.11 Å². The van der Waals surface area contributed by atoms with E-state index in [2.05, 4.69) is 0 Å². The fourth-order valence-electron chi connectivity index (χ4n) is 1.75. The van der Waals surface area contributed by atoms with Gasteiger partial charge in [0.2, 0.25) is 0 Å². The first-order chi connectivity index (χ1) is 7.06. The number of rotatable bonds is 4. The molecule has 0 aromatic heterocycles. The zero-order chi connectivity index (χ0) is 11.4. The predicted molar refractivity (Wildman–Crippen MR) is 61.1 cm³/mol. The molecule has 0 radical (unpaired) electrons. The molecule has 0 saturated heterocycles. The van der Waals surface area contributed by atoms with Crippen LogP contribution in [0.25, 0.3) is 0 Å². The minimum atomic E-state index is -0.157. The molecule has 82 valence electrons. The largest absolute Gasteiger partial charge is 0.381 e. The normalized spacial score (nSPS) is 14.7. The molecule has 0 aliphatic carbocycles. The predicted octanol–water partition coefficient (Wildman–Crippen LogP) is 2.70. The molecule has 0 aliphatic heterocycles. The molecule has 2 atom stereocenters. The smallest absolute Gasteiger partial charge is 0.139 e. The van der Waals surface area contributed by atoms with Crippen LogP contribution in [-0.2, 0) is 9.53 Å². The summed E-state index contributed by atoms with van der Waals surface area (Å²) in [6.07, 6.45) is -0.0785. The average molecular weight is 206 g/mol. The number of ketones is 1. The summed E-state index contributed by atoms with van der Waals surface area (Å²) < 4.78 is 5.24. The molecule has 0 amide bonds. The van der Waals surface area contributed by atoms with Crippen molar-refractivity contribution in [1.82, 2.24) is 0 Å². The molecule has 15 heavy (non-hydrogen) atoms. The van der Waals surface area contributed by atoms with E-state index in [1.165, 1.54) is 5.56 Å². The molecular formula is C13H18O2.